The van der Waals surface area contributed by atoms with Crippen LogP contribution in [0.15, 0.2) is 45.8 Å². The summed E-state index contributed by atoms with van der Waals surface area (Å²) in [6, 6.07) is 6.45. The minimum atomic E-state index is -1.15. The summed E-state index contributed by atoms with van der Waals surface area (Å²) in [4.78, 5) is 22.4. The fourth-order valence-electron chi connectivity index (χ4n) is 1.45. The largest absolute Gasteiger partial charge is 0.478 e. The lowest BCUT2D eigenvalue weighted by molar-refractivity contribution is 0.0696. The van der Waals surface area contributed by atoms with E-state index in [4.69, 9.17) is 5.11 Å². The molecular formula is C12H7BrFNO3. The maximum atomic E-state index is 13.4. The van der Waals surface area contributed by atoms with Crippen LogP contribution < -0.4 is 5.56 Å². The molecule has 92 valence electrons. The van der Waals surface area contributed by atoms with Crippen molar-refractivity contribution in [1.29, 1.82) is 0 Å². The summed E-state index contributed by atoms with van der Waals surface area (Å²) >= 11 is 3.00. The number of pyridine rings is 1. The molecule has 4 nitrogen and oxygen atoms in total. The first kappa shape index (κ1) is 12.5. The molecule has 1 aromatic carbocycles. The van der Waals surface area contributed by atoms with Crippen LogP contribution in [0.25, 0.3) is 5.69 Å². The number of benzene rings is 1. The molecule has 0 aliphatic carbocycles. The highest BCUT2D eigenvalue weighted by Gasteiger charge is 2.08. The Morgan fingerprint density at radius 2 is 2.00 bits per heavy atom. The molecule has 0 spiro atoms. The Morgan fingerprint density at radius 1 is 1.28 bits per heavy atom. The predicted molar refractivity (Wildman–Crippen MR) is 66.7 cm³/mol. The standard InChI is InChI=1S/C12H7BrFNO3/c13-9-3-2-8(5-10(9)14)15-6-7(12(17)18)1-4-11(15)16/h1-6H,(H,17,18). The molecule has 0 radical (unpaired) electrons. The third kappa shape index (κ3) is 2.33. The minimum absolute atomic E-state index is 0.0436. The lowest BCUT2D eigenvalue weighted by Crippen LogP contribution is -2.18. The fourth-order valence-corrected chi connectivity index (χ4v) is 1.70. The molecule has 0 fully saturated rings. The van der Waals surface area contributed by atoms with Crippen LogP contribution in [-0.4, -0.2) is 15.6 Å². The van der Waals surface area contributed by atoms with Crippen LogP contribution in [-0.2, 0) is 0 Å². The van der Waals surface area contributed by atoms with E-state index in [1.165, 1.54) is 18.2 Å². The lowest BCUT2D eigenvalue weighted by atomic mass is 10.2. The van der Waals surface area contributed by atoms with E-state index in [-0.39, 0.29) is 15.7 Å². The van der Waals surface area contributed by atoms with Crippen LogP contribution in [0.4, 0.5) is 4.39 Å². The Labute approximate surface area is 109 Å². The van der Waals surface area contributed by atoms with E-state index in [1.54, 1.807) is 0 Å². The average Bonchev–Trinajstić information content (AvgIpc) is 2.33. The molecule has 18 heavy (non-hydrogen) atoms. The number of nitrogens with zero attached hydrogens (tertiary/aromatic N) is 1. The minimum Gasteiger partial charge on any atom is -0.478 e. The zero-order chi connectivity index (χ0) is 13.3. The molecule has 1 N–H and O–H groups in total. The van der Waals surface area contributed by atoms with Gasteiger partial charge < -0.3 is 5.11 Å². The van der Waals surface area contributed by atoms with Gasteiger partial charge in [-0.25, -0.2) is 9.18 Å². The lowest BCUT2D eigenvalue weighted by Gasteiger charge is -2.07. The Morgan fingerprint density at radius 3 is 2.61 bits per heavy atom. The number of carboxylic acids is 1. The Balaban J connectivity index is 2.62. The van der Waals surface area contributed by atoms with Gasteiger partial charge in [-0.1, -0.05) is 0 Å². The maximum Gasteiger partial charge on any atom is 0.337 e. The summed E-state index contributed by atoms with van der Waals surface area (Å²) in [6.07, 6.45) is 1.16. The van der Waals surface area contributed by atoms with Gasteiger partial charge in [-0.15, -0.1) is 0 Å². The molecule has 0 bridgehead atoms. The van der Waals surface area contributed by atoms with Crippen LogP contribution in [0.1, 0.15) is 10.4 Å². The summed E-state index contributed by atoms with van der Waals surface area (Å²) in [5.74, 6) is -1.68. The number of hydrogen-bond donors (Lipinski definition) is 1. The smallest absolute Gasteiger partial charge is 0.337 e. The molecule has 0 unspecified atom stereocenters. The SMILES string of the molecule is O=C(O)c1ccc(=O)n(-c2ccc(Br)c(F)c2)c1. The molecule has 0 aliphatic rings. The summed E-state index contributed by atoms with van der Waals surface area (Å²) < 4.78 is 14.7. The van der Waals surface area contributed by atoms with Gasteiger partial charge in [0, 0.05) is 12.3 Å². The summed E-state index contributed by atoms with van der Waals surface area (Å²) in [5, 5.41) is 8.85. The van der Waals surface area contributed by atoms with Crippen LogP contribution >= 0.6 is 15.9 Å². The molecule has 2 aromatic rings. The third-order valence-electron chi connectivity index (χ3n) is 2.34. The number of halogens is 2. The van der Waals surface area contributed by atoms with Gasteiger partial charge in [-0.2, -0.15) is 0 Å². The Bertz CT molecular complexity index is 681. The van der Waals surface area contributed by atoms with Crippen molar-refractivity contribution in [2.24, 2.45) is 0 Å². The number of rotatable bonds is 2. The molecule has 6 heteroatoms. The van der Waals surface area contributed by atoms with Crippen molar-refractivity contribution >= 4 is 21.9 Å². The van der Waals surface area contributed by atoms with E-state index in [0.717, 1.165) is 22.9 Å². The molecule has 2 rings (SSSR count). The second kappa shape index (κ2) is 4.73. The van der Waals surface area contributed by atoms with Gasteiger partial charge >= 0.3 is 5.97 Å². The highest BCUT2D eigenvalue weighted by molar-refractivity contribution is 9.10. The molecule has 0 aliphatic heterocycles. The van der Waals surface area contributed by atoms with Crippen LogP contribution in [0.3, 0.4) is 0 Å². The molecule has 1 aromatic heterocycles. The van der Waals surface area contributed by atoms with E-state index >= 15 is 0 Å². The molecule has 0 saturated heterocycles. The van der Waals surface area contributed by atoms with Crippen LogP contribution in [0, 0.1) is 5.82 Å². The van der Waals surface area contributed by atoms with E-state index in [0.29, 0.717) is 0 Å². The highest BCUT2D eigenvalue weighted by Crippen LogP contribution is 2.18. The monoisotopic (exact) mass is 311 g/mol. The van der Waals surface area contributed by atoms with Gasteiger partial charge in [-0.3, -0.25) is 9.36 Å². The van der Waals surface area contributed by atoms with Crippen LogP contribution in [0.2, 0.25) is 0 Å². The molecule has 1 heterocycles. The number of carboxylic acid groups (broad SMARTS) is 1. The number of hydrogen-bond acceptors (Lipinski definition) is 2. The quantitative estimate of drug-likeness (QED) is 0.926. The highest BCUT2D eigenvalue weighted by atomic mass is 79.9. The Kier molecular flexibility index (Phi) is 3.29. The van der Waals surface area contributed by atoms with Crippen molar-refractivity contribution in [3.8, 4) is 5.69 Å². The van der Waals surface area contributed by atoms with Gasteiger partial charge in [0.05, 0.1) is 15.7 Å². The molecule has 0 atom stereocenters. The van der Waals surface area contributed by atoms with E-state index in [9.17, 15) is 14.0 Å². The second-order valence-electron chi connectivity index (χ2n) is 3.53. The first-order valence-electron chi connectivity index (χ1n) is 4.90. The zero-order valence-corrected chi connectivity index (χ0v) is 10.5. The van der Waals surface area contributed by atoms with Crippen molar-refractivity contribution in [3.05, 3.63) is 62.7 Å². The summed E-state index contributed by atoms with van der Waals surface area (Å²) in [7, 11) is 0. The number of aromatic carboxylic acids is 1. The first-order chi connectivity index (χ1) is 8.49. The van der Waals surface area contributed by atoms with Crippen LogP contribution in [0.5, 0.6) is 0 Å². The van der Waals surface area contributed by atoms with E-state index in [2.05, 4.69) is 15.9 Å². The fraction of sp³-hybridized carbons (Fsp3) is 0. The normalized spacial score (nSPS) is 10.3. The second-order valence-corrected chi connectivity index (χ2v) is 4.38. The van der Waals surface area contributed by atoms with Gasteiger partial charge in [0.25, 0.3) is 5.56 Å². The van der Waals surface area contributed by atoms with Gasteiger partial charge in [0.1, 0.15) is 5.82 Å². The molecular weight excluding hydrogens is 305 g/mol. The van der Waals surface area contributed by atoms with Crippen molar-refractivity contribution in [1.82, 2.24) is 4.57 Å². The van der Waals surface area contributed by atoms with Gasteiger partial charge in [-0.05, 0) is 40.2 Å². The first-order valence-corrected chi connectivity index (χ1v) is 5.70. The third-order valence-corrected chi connectivity index (χ3v) is 2.98. The van der Waals surface area contributed by atoms with Crippen molar-refractivity contribution in [2.75, 3.05) is 0 Å². The number of carbonyl (C=O) groups is 1. The zero-order valence-electron chi connectivity index (χ0n) is 8.93. The molecule has 0 saturated carbocycles. The van der Waals surface area contributed by atoms with Crippen molar-refractivity contribution < 1.29 is 14.3 Å². The van der Waals surface area contributed by atoms with Gasteiger partial charge in [0.15, 0.2) is 0 Å². The van der Waals surface area contributed by atoms with Gasteiger partial charge in [0.2, 0.25) is 0 Å². The maximum absolute atomic E-state index is 13.4. The van der Waals surface area contributed by atoms with Crippen molar-refractivity contribution in [2.45, 2.75) is 0 Å². The van der Waals surface area contributed by atoms with E-state index < -0.39 is 17.3 Å². The number of aromatic nitrogens is 1. The Hall–Kier alpha value is -1.95. The average molecular weight is 312 g/mol. The van der Waals surface area contributed by atoms with E-state index in [1.807, 2.05) is 0 Å². The molecule has 0 amide bonds. The summed E-state index contributed by atoms with van der Waals surface area (Å²) in [5.41, 5.74) is -0.205. The topological polar surface area (TPSA) is 59.3 Å². The van der Waals surface area contributed by atoms with Crippen molar-refractivity contribution in [3.63, 3.8) is 0 Å². The summed E-state index contributed by atoms with van der Waals surface area (Å²) in [6.45, 7) is 0. The predicted octanol–water partition coefficient (Wildman–Crippen LogP) is 2.44.